The molecule has 0 fully saturated rings. The quantitative estimate of drug-likeness (QED) is 0.206. The lowest BCUT2D eigenvalue weighted by Gasteiger charge is -2.15. The molecule has 4 aromatic heterocycles. The summed E-state index contributed by atoms with van der Waals surface area (Å²) in [5, 5.41) is -1.91. The number of benzene rings is 5. The molecule has 0 unspecified atom stereocenters. The van der Waals surface area contributed by atoms with Crippen LogP contribution in [0, 0.1) is 0 Å². The monoisotopic (exact) mass is 588 g/mol. The summed E-state index contributed by atoms with van der Waals surface area (Å²) >= 11 is 0. The second kappa shape index (κ2) is 9.75. The van der Waals surface area contributed by atoms with Gasteiger partial charge in [0.2, 0.25) is 0 Å². The van der Waals surface area contributed by atoms with E-state index in [9.17, 15) is 4.11 Å². The molecule has 44 heavy (non-hydrogen) atoms. The van der Waals surface area contributed by atoms with Crippen molar-refractivity contribution in [2.75, 3.05) is 0 Å². The second-order valence-corrected chi connectivity index (χ2v) is 9.09. The summed E-state index contributed by atoms with van der Waals surface area (Å²) in [6.07, 6.45) is -1.64. The van der Waals surface area contributed by atoms with Crippen LogP contribution in [0.5, 0.6) is 0 Å². The Labute approximate surface area is 288 Å². The van der Waals surface area contributed by atoms with Crippen molar-refractivity contribution in [1.82, 2.24) is 24.1 Å². The van der Waals surface area contributed by atoms with E-state index in [0.717, 1.165) is 9.13 Å². The summed E-state index contributed by atoms with van der Waals surface area (Å²) in [4.78, 5) is 12.7. The van der Waals surface area contributed by atoms with Crippen molar-refractivity contribution in [2.45, 2.75) is 0 Å². The van der Waals surface area contributed by atoms with Crippen molar-refractivity contribution >= 4 is 43.6 Å². The molecule has 4 heterocycles. The predicted molar refractivity (Wildman–Crippen MR) is 179 cm³/mol. The van der Waals surface area contributed by atoms with Gasteiger partial charge in [-0.2, -0.15) is 0 Å². The van der Waals surface area contributed by atoms with Crippen LogP contribution in [0.25, 0.3) is 77.8 Å². The first-order chi connectivity index (χ1) is 32.2. The van der Waals surface area contributed by atoms with Gasteiger partial charge in [-0.15, -0.1) is 0 Å². The molecule has 0 spiro atoms. The molecule has 9 rings (SSSR count). The van der Waals surface area contributed by atoms with Crippen LogP contribution in [0.3, 0.4) is 0 Å². The molecule has 9 aromatic rings. The van der Waals surface area contributed by atoms with Gasteiger partial charge in [-0.05, 0) is 36.3 Å². The van der Waals surface area contributed by atoms with E-state index >= 15 is 0 Å². The van der Waals surface area contributed by atoms with E-state index in [0.29, 0.717) is 0 Å². The lowest BCUT2D eigenvalue weighted by Crippen LogP contribution is -2.04. The summed E-state index contributed by atoms with van der Waals surface area (Å²) in [5.41, 5.74) is -5.75. The lowest BCUT2D eigenvalue weighted by molar-refractivity contribution is 1.04. The highest BCUT2D eigenvalue weighted by molar-refractivity contribution is 6.10. The van der Waals surface area contributed by atoms with Crippen molar-refractivity contribution in [3.05, 3.63) is 151 Å². The van der Waals surface area contributed by atoms with Gasteiger partial charge in [-0.3, -0.25) is 9.55 Å². The molecular formula is C39H25N5. The average Bonchev–Trinajstić information content (AvgIpc) is 3.87. The summed E-state index contributed by atoms with van der Waals surface area (Å²) in [7, 11) is 0. The van der Waals surface area contributed by atoms with Gasteiger partial charge >= 0.3 is 0 Å². The van der Waals surface area contributed by atoms with E-state index in [-0.39, 0.29) is 0 Å². The number of aromatic nitrogens is 5. The van der Waals surface area contributed by atoms with E-state index in [1.165, 1.54) is 0 Å². The maximum Gasteiger partial charge on any atom is 0.164 e. The smallest absolute Gasteiger partial charge is 0.164 e. The lowest BCUT2D eigenvalue weighted by atomic mass is 10.1. The van der Waals surface area contributed by atoms with Gasteiger partial charge in [-0.1, -0.05) is 96.7 Å². The maximum absolute atomic E-state index is 9.67. The van der Waals surface area contributed by atoms with E-state index in [4.69, 9.17) is 30.2 Å². The van der Waals surface area contributed by atoms with Crippen LogP contribution in [0.1, 0.15) is 34.3 Å². The van der Waals surface area contributed by atoms with Crippen LogP contribution in [0.4, 0.5) is 0 Å². The highest BCUT2D eigenvalue weighted by atomic mass is 15.1. The molecule has 0 atom stereocenters. The van der Waals surface area contributed by atoms with Crippen molar-refractivity contribution in [3.8, 4) is 34.2 Å². The van der Waals surface area contributed by atoms with Crippen molar-refractivity contribution in [2.24, 2.45) is 0 Å². The maximum atomic E-state index is 9.67. The number of fused-ring (bicyclic) bond motifs is 6. The zero-order valence-corrected chi connectivity index (χ0v) is 21.7. The first kappa shape index (κ1) is 10.3. The Balaban J connectivity index is 1.61. The molecule has 206 valence electrons. The van der Waals surface area contributed by atoms with Crippen LogP contribution in [-0.2, 0) is 0 Å². The van der Waals surface area contributed by atoms with Crippen LogP contribution < -0.4 is 0 Å². The normalized spacial score (nSPS) is 19.6. The Kier molecular flexibility index (Phi) is 2.28. The molecule has 5 nitrogen and oxygen atoms in total. The number of pyridine rings is 1. The molecule has 0 N–H and O–H groups in total. The summed E-state index contributed by atoms with van der Waals surface area (Å²) in [5.74, 6) is -1.85. The van der Waals surface area contributed by atoms with Gasteiger partial charge in [0.1, 0.15) is 5.82 Å². The fraction of sp³-hybridized carbons (Fsp3) is 0. The number of rotatable bonds is 4. The molecule has 0 radical (unpaired) electrons. The third-order valence-electron chi connectivity index (χ3n) is 6.76. The minimum atomic E-state index is -1.04. The third-order valence-corrected chi connectivity index (χ3v) is 6.76. The van der Waals surface area contributed by atoms with Crippen molar-refractivity contribution in [1.29, 1.82) is 0 Å². The minimum absolute atomic E-state index is 0.451. The molecule has 0 saturated carbocycles. The predicted octanol–water partition coefficient (Wildman–Crippen LogP) is 9.40. The Morgan fingerprint density at radius 3 is 1.80 bits per heavy atom. The highest BCUT2D eigenvalue weighted by Gasteiger charge is 2.20. The Hall–Kier alpha value is -6.07. The average molecular weight is 589 g/mol. The first-order valence-corrected chi connectivity index (χ1v) is 12.7. The van der Waals surface area contributed by atoms with Gasteiger partial charge in [0, 0.05) is 51.1 Å². The SMILES string of the molecule is [2H]c1nc([2H])c2c3c([2H])c([2H])c([2H])c([2H])c3n(-c3c([2H])c([2H])c([2H])c([2H])c3-c3nc(-c4c([2H])c([2H])c([2H])c([2H])c4[2H])c([2H])c(-n4c5c([2H])c([2H])c([2H])c([2H])c5c5c([2H])c([2H])c([2H])c([2H])c54)n3)c2c1[2H]. The topological polar surface area (TPSA) is 48.5 Å². The second-order valence-electron chi connectivity index (χ2n) is 9.09. The number of para-hydroxylation sites is 4. The Morgan fingerprint density at radius 1 is 0.500 bits per heavy atom. The van der Waals surface area contributed by atoms with Crippen LogP contribution in [0.15, 0.2) is 151 Å². The molecular weight excluding hydrogens is 538 g/mol. The summed E-state index contributed by atoms with van der Waals surface area (Å²) in [6.45, 7) is 0. The zero-order valence-electron chi connectivity index (χ0n) is 46.7. The van der Waals surface area contributed by atoms with Gasteiger partial charge in [0.25, 0.3) is 0 Å². The first-order valence-electron chi connectivity index (χ1n) is 25.2. The molecule has 5 aromatic carbocycles. The van der Waals surface area contributed by atoms with Crippen LogP contribution in [0.2, 0.25) is 0 Å². The van der Waals surface area contributed by atoms with E-state index < -0.39 is 229 Å². The van der Waals surface area contributed by atoms with Gasteiger partial charge in [-0.25, -0.2) is 9.97 Å². The van der Waals surface area contributed by atoms with Crippen LogP contribution >= 0.6 is 0 Å². The number of hydrogen-bond acceptors (Lipinski definition) is 3. The van der Waals surface area contributed by atoms with Gasteiger partial charge in [0.05, 0.1) is 67.7 Å². The summed E-state index contributed by atoms with van der Waals surface area (Å²) < 4.78 is 222. The Morgan fingerprint density at radius 2 is 1.07 bits per heavy atom. The third kappa shape index (κ3) is 3.69. The molecule has 0 aliphatic heterocycles. The minimum Gasteiger partial charge on any atom is -0.308 e. The molecule has 0 saturated heterocycles. The Bertz CT molecular complexity index is 3810. The molecule has 0 bridgehead atoms. The molecule has 5 heteroatoms. The largest absolute Gasteiger partial charge is 0.308 e. The summed E-state index contributed by atoms with van der Waals surface area (Å²) in [6, 6.07) is -20.7. The fourth-order valence-electron chi connectivity index (χ4n) is 4.98. The molecule has 0 aliphatic rings. The van der Waals surface area contributed by atoms with Crippen molar-refractivity contribution < 1.29 is 34.3 Å². The van der Waals surface area contributed by atoms with E-state index in [1.54, 1.807) is 0 Å². The molecule has 0 amide bonds. The zero-order chi connectivity index (χ0) is 50.8. The molecule has 0 aliphatic carbocycles. The highest BCUT2D eigenvalue weighted by Crippen LogP contribution is 2.37. The van der Waals surface area contributed by atoms with Gasteiger partial charge in [0.15, 0.2) is 5.82 Å². The van der Waals surface area contributed by atoms with Crippen molar-refractivity contribution in [3.63, 3.8) is 0 Å². The van der Waals surface area contributed by atoms with E-state index in [1.807, 2.05) is 0 Å². The number of nitrogens with zero attached hydrogens (tertiary/aromatic N) is 5. The van der Waals surface area contributed by atoms with E-state index in [2.05, 4.69) is 15.0 Å². The standard InChI is InChI=1S/C39H25N5/c1-2-12-26(13-3-1)32-24-38(44-34-19-9-4-14-27(34)28-15-5-10-20-35(28)44)42-39(41-32)30-17-7-11-21-36(30)43-33-18-8-6-16-29(33)31-25-40-23-22-37(31)43/h1-25H/i1D,2D,3D,4D,5D,6D,7D,8D,9D,10D,11D,12D,13D,14D,15D,16D,17D,18D,19D,20D,21D,22D,23D,24D,25D. The fourth-order valence-corrected chi connectivity index (χ4v) is 4.98. The van der Waals surface area contributed by atoms with Crippen LogP contribution in [-0.4, -0.2) is 24.1 Å². The number of hydrogen-bond donors (Lipinski definition) is 0. The van der Waals surface area contributed by atoms with Gasteiger partial charge < -0.3 is 4.57 Å².